The Morgan fingerprint density at radius 3 is 2.78 bits per heavy atom. The fourth-order valence-electron chi connectivity index (χ4n) is 2.88. The fourth-order valence-corrected chi connectivity index (χ4v) is 3.12. The first kappa shape index (κ1) is 16.0. The third-order valence-electron chi connectivity index (χ3n) is 4.08. The first-order valence-corrected chi connectivity index (χ1v) is 8.62. The molecule has 1 atom stereocenters. The highest BCUT2D eigenvalue weighted by Gasteiger charge is 2.29. The molecule has 1 aromatic heterocycles. The smallest absolute Gasteiger partial charge is 0.410 e. The minimum absolute atomic E-state index is 0.0487. The number of hydrogen-bond acceptors (Lipinski definition) is 3. The number of pyridine rings is 1. The van der Waals surface area contributed by atoms with Gasteiger partial charge in [-0.05, 0) is 52.4 Å². The largest absolute Gasteiger partial charge is 0.445 e. The van der Waals surface area contributed by atoms with Gasteiger partial charge in [-0.3, -0.25) is 0 Å². The van der Waals surface area contributed by atoms with Crippen molar-refractivity contribution >= 4 is 22.0 Å². The zero-order valence-corrected chi connectivity index (χ0v) is 14.4. The summed E-state index contributed by atoms with van der Waals surface area (Å²) >= 11 is 3.35. The number of ether oxygens (including phenoxy) is 1. The molecule has 120 valence electrons. The number of carbonyl (C=O) groups is 1. The molecule has 1 saturated heterocycles. The molecule has 0 aliphatic carbocycles. The molecular weight excluding hydrogens is 356 g/mol. The molecule has 0 saturated carbocycles. The Kier molecular flexibility index (Phi) is 5.28. The number of aromatic nitrogens is 1. The summed E-state index contributed by atoms with van der Waals surface area (Å²) < 4.78 is 6.30. The van der Waals surface area contributed by atoms with Gasteiger partial charge in [0.1, 0.15) is 11.2 Å². The van der Waals surface area contributed by atoms with Gasteiger partial charge in [-0.25, -0.2) is 9.78 Å². The van der Waals surface area contributed by atoms with Crippen LogP contribution in [0.15, 0.2) is 53.3 Å². The van der Waals surface area contributed by atoms with E-state index in [1.807, 2.05) is 53.6 Å². The van der Waals surface area contributed by atoms with Crippen LogP contribution in [0.5, 0.6) is 0 Å². The van der Waals surface area contributed by atoms with Crippen molar-refractivity contribution in [3.63, 3.8) is 0 Å². The van der Waals surface area contributed by atoms with Crippen LogP contribution in [0.3, 0.4) is 0 Å². The van der Waals surface area contributed by atoms with E-state index in [1.54, 1.807) is 0 Å². The normalized spacial score (nSPS) is 17.8. The van der Waals surface area contributed by atoms with Crippen molar-refractivity contribution in [3.05, 3.63) is 64.4 Å². The van der Waals surface area contributed by atoms with Crippen molar-refractivity contribution in [1.82, 2.24) is 9.88 Å². The fraction of sp³-hybridized carbons (Fsp3) is 0.333. The van der Waals surface area contributed by atoms with E-state index >= 15 is 0 Å². The summed E-state index contributed by atoms with van der Waals surface area (Å²) in [5, 5.41) is 0. The van der Waals surface area contributed by atoms with Crippen LogP contribution < -0.4 is 0 Å². The van der Waals surface area contributed by atoms with E-state index in [0.717, 1.165) is 41.5 Å². The number of nitrogens with zero attached hydrogens (tertiary/aromatic N) is 2. The first-order chi connectivity index (χ1) is 11.2. The Hall–Kier alpha value is -1.88. The number of hydrogen-bond donors (Lipinski definition) is 0. The van der Waals surface area contributed by atoms with Crippen LogP contribution in [0.4, 0.5) is 4.79 Å². The second kappa shape index (κ2) is 7.59. The third kappa shape index (κ3) is 4.10. The highest BCUT2D eigenvalue weighted by Crippen LogP contribution is 2.31. The zero-order chi connectivity index (χ0) is 16.1. The molecule has 0 spiro atoms. The molecule has 5 heteroatoms. The molecule has 1 aromatic carbocycles. The summed E-state index contributed by atoms with van der Waals surface area (Å²) in [5.41, 5.74) is 2.06. The Bertz CT molecular complexity index is 646. The van der Waals surface area contributed by atoms with Gasteiger partial charge < -0.3 is 9.64 Å². The Morgan fingerprint density at radius 1 is 1.22 bits per heavy atom. The van der Waals surface area contributed by atoms with Gasteiger partial charge in [0.05, 0.1) is 6.04 Å². The molecule has 2 heterocycles. The summed E-state index contributed by atoms with van der Waals surface area (Å²) in [5.74, 6) is 0. The Morgan fingerprint density at radius 2 is 2.04 bits per heavy atom. The van der Waals surface area contributed by atoms with E-state index in [4.69, 9.17) is 4.74 Å². The number of carbonyl (C=O) groups excluding carboxylic acids is 1. The number of likely N-dealkylation sites (tertiary alicyclic amines) is 1. The molecule has 23 heavy (non-hydrogen) atoms. The molecule has 1 fully saturated rings. The van der Waals surface area contributed by atoms with E-state index in [-0.39, 0.29) is 12.1 Å². The number of halogens is 1. The van der Waals surface area contributed by atoms with Crippen molar-refractivity contribution in [2.75, 3.05) is 6.54 Å². The van der Waals surface area contributed by atoms with Crippen LogP contribution in [0.1, 0.15) is 36.4 Å². The molecule has 0 unspecified atom stereocenters. The summed E-state index contributed by atoms with van der Waals surface area (Å²) in [6, 6.07) is 13.7. The summed E-state index contributed by atoms with van der Waals surface area (Å²) in [6.45, 7) is 1.04. The lowest BCUT2D eigenvalue weighted by Crippen LogP contribution is -2.38. The van der Waals surface area contributed by atoms with E-state index in [0.29, 0.717) is 6.61 Å². The molecule has 2 aromatic rings. The summed E-state index contributed by atoms with van der Waals surface area (Å²) in [4.78, 5) is 18.6. The van der Waals surface area contributed by atoms with Crippen LogP contribution in [-0.2, 0) is 11.3 Å². The molecular formula is C18H19BrN2O2. The quantitative estimate of drug-likeness (QED) is 0.730. The lowest BCUT2D eigenvalue weighted by Gasteiger charge is -2.35. The van der Waals surface area contributed by atoms with Gasteiger partial charge in [0.2, 0.25) is 0 Å². The van der Waals surface area contributed by atoms with Gasteiger partial charge in [-0.1, -0.05) is 36.4 Å². The monoisotopic (exact) mass is 374 g/mol. The number of piperidine rings is 1. The van der Waals surface area contributed by atoms with Gasteiger partial charge in [-0.2, -0.15) is 0 Å². The van der Waals surface area contributed by atoms with Gasteiger partial charge in [0.25, 0.3) is 0 Å². The molecule has 0 radical (unpaired) electrons. The van der Waals surface area contributed by atoms with Crippen LogP contribution in [0.25, 0.3) is 0 Å². The molecule has 1 aliphatic rings. The first-order valence-electron chi connectivity index (χ1n) is 7.83. The van der Waals surface area contributed by atoms with Gasteiger partial charge in [0, 0.05) is 12.7 Å². The summed E-state index contributed by atoms with van der Waals surface area (Å²) in [7, 11) is 0. The molecule has 3 rings (SSSR count). The van der Waals surface area contributed by atoms with E-state index < -0.39 is 0 Å². The van der Waals surface area contributed by atoms with Gasteiger partial charge in [0.15, 0.2) is 0 Å². The average Bonchev–Trinajstić information content (AvgIpc) is 2.61. The van der Waals surface area contributed by atoms with Crippen LogP contribution in [0.2, 0.25) is 0 Å². The van der Waals surface area contributed by atoms with Crippen molar-refractivity contribution in [2.24, 2.45) is 0 Å². The van der Waals surface area contributed by atoms with E-state index in [9.17, 15) is 4.79 Å². The molecule has 4 nitrogen and oxygen atoms in total. The highest BCUT2D eigenvalue weighted by molar-refractivity contribution is 9.10. The maximum Gasteiger partial charge on any atom is 0.410 e. The lowest BCUT2D eigenvalue weighted by molar-refractivity contribution is 0.0678. The van der Waals surface area contributed by atoms with Gasteiger partial charge >= 0.3 is 6.09 Å². The van der Waals surface area contributed by atoms with Crippen LogP contribution >= 0.6 is 15.9 Å². The average molecular weight is 375 g/mol. The second-order valence-corrected chi connectivity index (χ2v) is 6.47. The molecule has 1 aliphatic heterocycles. The molecule has 0 bridgehead atoms. The third-order valence-corrected chi connectivity index (χ3v) is 4.55. The van der Waals surface area contributed by atoms with Crippen molar-refractivity contribution in [1.29, 1.82) is 0 Å². The maximum atomic E-state index is 12.5. The highest BCUT2D eigenvalue weighted by atomic mass is 79.9. The Labute approximate surface area is 144 Å². The van der Waals surface area contributed by atoms with Gasteiger partial charge in [-0.15, -0.1) is 0 Å². The van der Waals surface area contributed by atoms with Crippen molar-refractivity contribution < 1.29 is 9.53 Å². The standard InChI is InChI=1S/C18H19BrN2O2/c19-17-10-9-15(12-20-17)16-8-4-5-11-21(16)18(22)23-13-14-6-2-1-3-7-14/h1-3,6-7,9-10,12,16H,4-5,8,11,13H2/t16-/m0/s1. The molecule has 1 amide bonds. The van der Waals surface area contributed by atoms with E-state index in [2.05, 4.69) is 20.9 Å². The predicted octanol–water partition coefficient (Wildman–Crippen LogP) is 4.71. The zero-order valence-electron chi connectivity index (χ0n) is 12.8. The SMILES string of the molecule is O=C(OCc1ccccc1)N1CCCC[C@H]1c1ccc(Br)nc1. The van der Waals surface area contributed by atoms with Crippen LogP contribution in [-0.4, -0.2) is 22.5 Å². The van der Waals surface area contributed by atoms with E-state index in [1.165, 1.54) is 0 Å². The number of rotatable bonds is 3. The predicted molar refractivity (Wildman–Crippen MR) is 91.9 cm³/mol. The number of amides is 1. The second-order valence-electron chi connectivity index (χ2n) is 5.66. The van der Waals surface area contributed by atoms with Crippen molar-refractivity contribution in [3.8, 4) is 0 Å². The molecule has 0 N–H and O–H groups in total. The lowest BCUT2D eigenvalue weighted by atomic mass is 9.97. The minimum Gasteiger partial charge on any atom is -0.445 e. The maximum absolute atomic E-state index is 12.5. The van der Waals surface area contributed by atoms with Crippen molar-refractivity contribution in [2.45, 2.75) is 31.9 Å². The van der Waals surface area contributed by atoms with Crippen LogP contribution in [0, 0.1) is 0 Å². The minimum atomic E-state index is -0.249. The number of benzene rings is 1. The summed E-state index contributed by atoms with van der Waals surface area (Å²) in [6.07, 6.45) is 4.66. The Balaban J connectivity index is 1.68. The topological polar surface area (TPSA) is 42.4 Å².